The molecule has 2 amide bonds. The van der Waals surface area contributed by atoms with Crippen molar-refractivity contribution in [3.05, 3.63) is 65.2 Å². The van der Waals surface area contributed by atoms with Gasteiger partial charge in [0.05, 0.1) is 17.5 Å². The number of likely N-dealkylation sites (tertiary alicyclic amines) is 1. The van der Waals surface area contributed by atoms with Crippen LogP contribution in [0, 0.1) is 0 Å². The summed E-state index contributed by atoms with van der Waals surface area (Å²) in [6.45, 7) is 4.56. The molecule has 0 spiro atoms. The van der Waals surface area contributed by atoms with Crippen LogP contribution in [-0.2, 0) is 16.6 Å². The van der Waals surface area contributed by atoms with Crippen molar-refractivity contribution in [2.45, 2.75) is 25.8 Å². The van der Waals surface area contributed by atoms with Crippen molar-refractivity contribution in [3.8, 4) is 0 Å². The lowest BCUT2D eigenvalue weighted by atomic mass is 10.1. The number of amides is 2. The summed E-state index contributed by atoms with van der Waals surface area (Å²) in [6.07, 6.45) is 4.42. The Balaban J connectivity index is 1.36. The second-order valence-electron chi connectivity index (χ2n) is 8.99. The van der Waals surface area contributed by atoms with Crippen LogP contribution in [0.3, 0.4) is 0 Å². The SMILES string of the molecule is CS(=O)(=O)N1CCN(Cc2ccc(C(=O)Nc3ccccc3C(=O)N3CCCCC3)cc2)CC1. The number of piperazine rings is 1. The Hall–Kier alpha value is -2.75. The highest BCUT2D eigenvalue weighted by atomic mass is 32.2. The van der Waals surface area contributed by atoms with Crippen molar-refractivity contribution < 1.29 is 18.0 Å². The Morgan fingerprint density at radius 2 is 1.50 bits per heavy atom. The van der Waals surface area contributed by atoms with E-state index in [4.69, 9.17) is 0 Å². The molecule has 0 aliphatic carbocycles. The molecular weight excluding hydrogens is 452 g/mol. The Kier molecular flexibility index (Phi) is 7.65. The first-order chi connectivity index (χ1) is 16.3. The fourth-order valence-corrected chi connectivity index (χ4v) is 5.31. The zero-order valence-electron chi connectivity index (χ0n) is 19.6. The number of para-hydroxylation sites is 1. The highest BCUT2D eigenvalue weighted by molar-refractivity contribution is 7.88. The van der Waals surface area contributed by atoms with E-state index < -0.39 is 10.0 Å². The summed E-state index contributed by atoms with van der Waals surface area (Å²) in [5.41, 5.74) is 2.62. The average molecular weight is 485 g/mol. The summed E-state index contributed by atoms with van der Waals surface area (Å²) in [7, 11) is -3.14. The second-order valence-corrected chi connectivity index (χ2v) is 11.0. The molecule has 2 aliphatic heterocycles. The van der Waals surface area contributed by atoms with Gasteiger partial charge in [-0.1, -0.05) is 24.3 Å². The molecule has 0 atom stereocenters. The molecular formula is C25H32N4O4S. The van der Waals surface area contributed by atoms with Crippen LogP contribution in [0.25, 0.3) is 0 Å². The lowest BCUT2D eigenvalue weighted by Crippen LogP contribution is -2.47. The fraction of sp³-hybridized carbons (Fsp3) is 0.440. The van der Waals surface area contributed by atoms with Gasteiger partial charge in [0.25, 0.3) is 11.8 Å². The van der Waals surface area contributed by atoms with E-state index in [0.717, 1.165) is 37.9 Å². The zero-order chi connectivity index (χ0) is 24.1. The monoisotopic (exact) mass is 484 g/mol. The van der Waals surface area contributed by atoms with Gasteiger partial charge in [-0.2, -0.15) is 4.31 Å². The standard InChI is InChI=1S/C25H32N4O4S/c1-34(32,33)29-17-15-27(16-18-29)19-20-9-11-21(12-10-20)24(30)26-23-8-4-3-7-22(23)25(31)28-13-5-2-6-14-28/h3-4,7-12H,2,5-6,13-19H2,1H3,(H,26,30). The number of hydrogen-bond acceptors (Lipinski definition) is 5. The van der Waals surface area contributed by atoms with Crippen molar-refractivity contribution in [3.63, 3.8) is 0 Å². The fourth-order valence-electron chi connectivity index (χ4n) is 4.48. The first kappa shape index (κ1) is 24.4. The van der Waals surface area contributed by atoms with E-state index in [9.17, 15) is 18.0 Å². The maximum absolute atomic E-state index is 13.0. The van der Waals surface area contributed by atoms with E-state index in [1.807, 2.05) is 29.2 Å². The van der Waals surface area contributed by atoms with E-state index >= 15 is 0 Å². The number of rotatable bonds is 6. The molecule has 0 aromatic heterocycles. The van der Waals surface area contributed by atoms with Gasteiger partial charge in [-0.3, -0.25) is 14.5 Å². The van der Waals surface area contributed by atoms with Gasteiger partial charge in [-0.05, 0) is 49.1 Å². The highest BCUT2D eigenvalue weighted by Crippen LogP contribution is 2.21. The number of nitrogens with one attached hydrogen (secondary N) is 1. The Bertz CT molecular complexity index is 1120. The normalized spacial score (nSPS) is 18.0. The number of sulfonamides is 1. The van der Waals surface area contributed by atoms with Crippen LogP contribution in [0.4, 0.5) is 5.69 Å². The third-order valence-electron chi connectivity index (χ3n) is 6.47. The largest absolute Gasteiger partial charge is 0.339 e. The summed E-state index contributed by atoms with van der Waals surface area (Å²) >= 11 is 0. The van der Waals surface area contributed by atoms with Crippen molar-refractivity contribution in [1.29, 1.82) is 0 Å². The van der Waals surface area contributed by atoms with Crippen molar-refractivity contribution >= 4 is 27.5 Å². The van der Waals surface area contributed by atoms with Crippen molar-refractivity contribution in [2.24, 2.45) is 0 Å². The van der Waals surface area contributed by atoms with Crippen LogP contribution in [0.2, 0.25) is 0 Å². The van der Waals surface area contributed by atoms with E-state index in [-0.39, 0.29) is 11.8 Å². The molecule has 0 saturated carbocycles. The van der Waals surface area contributed by atoms with E-state index in [1.165, 1.54) is 10.6 Å². The minimum atomic E-state index is -3.14. The zero-order valence-corrected chi connectivity index (χ0v) is 20.4. The first-order valence-corrected chi connectivity index (χ1v) is 13.6. The van der Waals surface area contributed by atoms with Crippen LogP contribution in [0.5, 0.6) is 0 Å². The molecule has 182 valence electrons. The van der Waals surface area contributed by atoms with Gasteiger partial charge in [0, 0.05) is 51.4 Å². The van der Waals surface area contributed by atoms with Gasteiger partial charge in [-0.15, -0.1) is 0 Å². The molecule has 2 aliphatic rings. The predicted molar refractivity (Wildman–Crippen MR) is 132 cm³/mol. The van der Waals surface area contributed by atoms with Crippen molar-refractivity contribution in [2.75, 3.05) is 50.8 Å². The third kappa shape index (κ3) is 6.02. The summed E-state index contributed by atoms with van der Waals surface area (Å²) in [4.78, 5) is 29.9. The summed E-state index contributed by atoms with van der Waals surface area (Å²) in [5.74, 6) is -0.297. The Morgan fingerprint density at radius 3 is 2.15 bits per heavy atom. The first-order valence-electron chi connectivity index (χ1n) is 11.8. The van der Waals surface area contributed by atoms with E-state index in [0.29, 0.717) is 49.5 Å². The van der Waals surface area contributed by atoms with Gasteiger partial charge in [0.1, 0.15) is 0 Å². The molecule has 0 unspecified atom stereocenters. The Morgan fingerprint density at radius 1 is 0.853 bits per heavy atom. The summed E-state index contributed by atoms with van der Waals surface area (Å²) in [6, 6.07) is 14.6. The van der Waals surface area contributed by atoms with Crippen LogP contribution < -0.4 is 5.32 Å². The van der Waals surface area contributed by atoms with Crippen molar-refractivity contribution in [1.82, 2.24) is 14.1 Å². The van der Waals surface area contributed by atoms with Gasteiger partial charge in [-0.25, -0.2) is 8.42 Å². The molecule has 2 saturated heterocycles. The molecule has 34 heavy (non-hydrogen) atoms. The molecule has 2 aromatic carbocycles. The third-order valence-corrected chi connectivity index (χ3v) is 7.77. The van der Waals surface area contributed by atoms with Crippen LogP contribution in [0.15, 0.2) is 48.5 Å². The number of hydrogen-bond donors (Lipinski definition) is 1. The number of anilines is 1. The Labute approximate surface area is 201 Å². The molecule has 2 aromatic rings. The quantitative estimate of drug-likeness (QED) is 0.681. The van der Waals surface area contributed by atoms with Crippen LogP contribution >= 0.6 is 0 Å². The molecule has 1 N–H and O–H groups in total. The summed E-state index contributed by atoms with van der Waals surface area (Å²) in [5, 5.41) is 2.91. The van der Waals surface area contributed by atoms with E-state index in [1.54, 1.807) is 24.3 Å². The molecule has 0 bridgehead atoms. The molecule has 2 fully saturated rings. The maximum Gasteiger partial charge on any atom is 0.255 e. The number of piperidine rings is 1. The topological polar surface area (TPSA) is 90.0 Å². The molecule has 0 radical (unpaired) electrons. The highest BCUT2D eigenvalue weighted by Gasteiger charge is 2.24. The predicted octanol–water partition coefficient (Wildman–Crippen LogP) is 2.64. The minimum Gasteiger partial charge on any atom is -0.339 e. The van der Waals surface area contributed by atoms with Crippen LogP contribution in [-0.4, -0.2) is 79.9 Å². The number of carbonyl (C=O) groups excluding carboxylic acids is 2. The lowest BCUT2D eigenvalue weighted by molar-refractivity contribution is 0.0725. The molecule has 9 heteroatoms. The van der Waals surface area contributed by atoms with E-state index in [2.05, 4.69) is 10.2 Å². The maximum atomic E-state index is 13.0. The van der Waals surface area contributed by atoms with Crippen LogP contribution in [0.1, 0.15) is 45.5 Å². The smallest absolute Gasteiger partial charge is 0.255 e. The van der Waals surface area contributed by atoms with Gasteiger partial charge < -0.3 is 10.2 Å². The molecule has 8 nitrogen and oxygen atoms in total. The average Bonchev–Trinajstić information content (AvgIpc) is 2.85. The lowest BCUT2D eigenvalue weighted by Gasteiger charge is -2.33. The minimum absolute atomic E-state index is 0.0399. The van der Waals surface area contributed by atoms with Gasteiger partial charge in [0.2, 0.25) is 10.0 Å². The van der Waals surface area contributed by atoms with Gasteiger partial charge in [0.15, 0.2) is 0 Å². The van der Waals surface area contributed by atoms with Gasteiger partial charge >= 0.3 is 0 Å². The summed E-state index contributed by atoms with van der Waals surface area (Å²) < 4.78 is 24.8. The number of nitrogens with zero attached hydrogens (tertiary/aromatic N) is 3. The number of benzene rings is 2. The second kappa shape index (κ2) is 10.7. The molecule has 2 heterocycles. The number of carbonyl (C=O) groups is 2. The molecule has 4 rings (SSSR count).